The summed E-state index contributed by atoms with van der Waals surface area (Å²) in [5.41, 5.74) is 13.0. The summed E-state index contributed by atoms with van der Waals surface area (Å²) >= 11 is 0. The van der Waals surface area contributed by atoms with Gasteiger partial charge >= 0.3 is 0 Å². The molecule has 5 rings (SSSR count). The lowest BCUT2D eigenvalue weighted by molar-refractivity contribution is 0.0975. The first-order valence-corrected chi connectivity index (χ1v) is 10.0. The monoisotopic (exact) mass is 438 g/mol. The second-order valence-corrected chi connectivity index (χ2v) is 7.79. The van der Waals surface area contributed by atoms with Gasteiger partial charge in [-0.3, -0.25) is 9.59 Å². The van der Waals surface area contributed by atoms with Gasteiger partial charge in [0, 0.05) is 22.5 Å². The van der Waals surface area contributed by atoms with Crippen LogP contribution in [0.2, 0.25) is 0 Å². The number of benzene rings is 4. The van der Waals surface area contributed by atoms with Gasteiger partial charge in [0.2, 0.25) is 11.6 Å². The molecular formula is C26H18N2O5. The highest BCUT2D eigenvalue weighted by Crippen LogP contribution is 2.47. The van der Waals surface area contributed by atoms with E-state index in [1.54, 1.807) is 12.1 Å². The Morgan fingerprint density at radius 2 is 1.18 bits per heavy atom. The van der Waals surface area contributed by atoms with E-state index in [1.807, 2.05) is 30.3 Å². The van der Waals surface area contributed by atoms with E-state index in [1.165, 1.54) is 24.3 Å². The van der Waals surface area contributed by atoms with Gasteiger partial charge in [0.15, 0.2) is 0 Å². The second-order valence-electron chi connectivity index (χ2n) is 7.79. The summed E-state index contributed by atoms with van der Waals surface area (Å²) in [4.78, 5) is 26.5. The molecule has 0 unspecified atom stereocenters. The van der Waals surface area contributed by atoms with Crippen molar-refractivity contribution >= 4 is 22.9 Å². The van der Waals surface area contributed by atoms with E-state index in [0.29, 0.717) is 0 Å². The zero-order valence-corrected chi connectivity index (χ0v) is 17.2. The number of hydrogen-bond acceptors (Lipinski definition) is 7. The molecule has 33 heavy (non-hydrogen) atoms. The molecule has 7 heteroatoms. The molecule has 162 valence electrons. The summed E-state index contributed by atoms with van der Waals surface area (Å²) in [6.45, 7) is 0. The summed E-state index contributed by atoms with van der Waals surface area (Å²) in [5, 5.41) is 31.9. The first-order valence-electron chi connectivity index (χ1n) is 10.0. The quantitative estimate of drug-likeness (QED) is 0.206. The average molecular weight is 438 g/mol. The molecule has 4 aromatic rings. The van der Waals surface area contributed by atoms with Crippen molar-refractivity contribution in [2.24, 2.45) is 0 Å². The number of ketones is 2. The first-order chi connectivity index (χ1) is 15.8. The molecule has 0 aliphatic heterocycles. The molecular weight excluding hydrogens is 420 g/mol. The van der Waals surface area contributed by atoms with Crippen LogP contribution in [0.25, 0.3) is 22.3 Å². The number of anilines is 2. The van der Waals surface area contributed by atoms with E-state index in [-0.39, 0.29) is 50.5 Å². The highest BCUT2D eigenvalue weighted by Gasteiger charge is 2.38. The molecule has 0 radical (unpaired) electrons. The smallest absolute Gasteiger partial charge is 0.200 e. The minimum Gasteiger partial charge on any atom is -0.507 e. The maximum atomic E-state index is 13.3. The third-order valence-corrected chi connectivity index (χ3v) is 5.85. The van der Waals surface area contributed by atoms with Gasteiger partial charge in [-0.1, -0.05) is 36.4 Å². The summed E-state index contributed by atoms with van der Waals surface area (Å²) in [6, 6.07) is 18.1. The van der Waals surface area contributed by atoms with Crippen molar-refractivity contribution in [3.63, 3.8) is 0 Å². The first kappa shape index (κ1) is 20.1. The van der Waals surface area contributed by atoms with Crippen molar-refractivity contribution in [3.05, 3.63) is 89.0 Å². The number of phenolic OH excluding ortho intramolecular Hbond substituents is 3. The Labute approximate surface area is 188 Å². The highest BCUT2D eigenvalue weighted by atomic mass is 16.3. The number of hydrogen-bond donors (Lipinski definition) is 5. The van der Waals surface area contributed by atoms with E-state index >= 15 is 0 Å². The zero-order valence-electron chi connectivity index (χ0n) is 17.2. The molecule has 1 aliphatic carbocycles. The summed E-state index contributed by atoms with van der Waals surface area (Å²) in [6.07, 6.45) is 0. The number of nitrogen functional groups attached to an aromatic ring is 2. The fourth-order valence-electron chi connectivity index (χ4n) is 4.26. The van der Waals surface area contributed by atoms with Crippen molar-refractivity contribution in [2.75, 3.05) is 11.5 Å². The average Bonchev–Trinajstić information content (AvgIpc) is 2.81. The van der Waals surface area contributed by atoms with Gasteiger partial charge in [0.1, 0.15) is 17.2 Å². The zero-order chi connectivity index (χ0) is 23.4. The molecule has 0 bridgehead atoms. The van der Waals surface area contributed by atoms with Crippen LogP contribution in [0.15, 0.2) is 66.7 Å². The van der Waals surface area contributed by atoms with E-state index in [0.717, 1.165) is 11.1 Å². The third-order valence-electron chi connectivity index (χ3n) is 5.85. The fourth-order valence-corrected chi connectivity index (χ4v) is 4.26. The van der Waals surface area contributed by atoms with Gasteiger partial charge in [-0.15, -0.1) is 0 Å². The minimum absolute atomic E-state index is 0.0101. The normalized spacial score (nSPS) is 12.4. The summed E-state index contributed by atoms with van der Waals surface area (Å²) < 4.78 is 0. The maximum Gasteiger partial charge on any atom is 0.200 e. The predicted octanol–water partition coefficient (Wildman–Crippen LogP) is 4.08. The van der Waals surface area contributed by atoms with Gasteiger partial charge in [-0.25, -0.2) is 0 Å². The van der Waals surface area contributed by atoms with Gasteiger partial charge in [-0.05, 0) is 41.5 Å². The van der Waals surface area contributed by atoms with Gasteiger partial charge in [-0.2, -0.15) is 0 Å². The highest BCUT2D eigenvalue weighted by molar-refractivity contribution is 6.33. The molecule has 4 aromatic carbocycles. The van der Waals surface area contributed by atoms with Gasteiger partial charge in [0.25, 0.3) is 0 Å². The molecule has 7 N–H and O–H groups in total. The van der Waals surface area contributed by atoms with Crippen LogP contribution in [0.5, 0.6) is 17.2 Å². The Balaban J connectivity index is 1.76. The lowest BCUT2D eigenvalue weighted by atomic mass is 9.79. The van der Waals surface area contributed by atoms with Crippen molar-refractivity contribution in [1.29, 1.82) is 0 Å². The van der Waals surface area contributed by atoms with E-state index < -0.39 is 23.1 Å². The SMILES string of the molecule is Nc1ccc(O)c2c1C(=O)c1c(O)c(-c3cc(-c4ccccc4)ccc3O)cc(N)c1C2=O. The number of phenols is 3. The molecule has 0 fully saturated rings. The molecule has 0 atom stereocenters. The maximum absolute atomic E-state index is 13.3. The van der Waals surface area contributed by atoms with Crippen LogP contribution in [-0.2, 0) is 0 Å². The Bertz CT molecular complexity index is 1490. The molecule has 1 aliphatic rings. The van der Waals surface area contributed by atoms with Crippen molar-refractivity contribution in [2.45, 2.75) is 0 Å². The second kappa shape index (κ2) is 7.13. The van der Waals surface area contributed by atoms with Crippen molar-refractivity contribution in [1.82, 2.24) is 0 Å². The molecule has 7 nitrogen and oxygen atoms in total. The predicted molar refractivity (Wildman–Crippen MR) is 124 cm³/mol. The van der Waals surface area contributed by atoms with Crippen LogP contribution in [0, 0.1) is 0 Å². The number of aromatic hydroxyl groups is 3. The van der Waals surface area contributed by atoms with Crippen molar-refractivity contribution < 1.29 is 24.9 Å². The Morgan fingerprint density at radius 1 is 0.545 bits per heavy atom. The number of carbonyl (C=O) groups excluding carboxylic acids is 2. The third kappa shape index (κ3) is 2.90. The van der Waals surface area contributed by atoms with Crippen LogP contribution in [0.1, 0.15) is 31.8 Å². The van der Waals surface area contributed by atoms with E-state index in [2.05, 4.69) is 0 Å². The minimum atomic E-state index is -0.738. The van der Waals surface area contributed by atoms with Gasteiger partial charge in [0.05, 0.1) is 22.3 Å². The molecule has 0 heterocycles. The standard InChI is InChI=1S/C26H18N2O5/c27-16-7-9-19(30)22-20(16)26(33)23-21(25(22)32)17(28)11-15(24(23)31)14-10-13(6-8-18(14)29)12-4-2-1-3-5-12/h1-11,29-31H,27-28H2. The topological polar surface area (TPSA) is 147 Å². The number of nitrogens with two attached hydrogens (primary N) is 2. The molecule has 0 amide bonds. The number of rotatable bonds is 2. The van der Waals surface area contributed by atoms with E-state index in [9.17, 15) is 24.9 Å². The largest absolute Gasteiger partial charge is 0.507 e. The Kier molecular flexibility index (Phi) is 4.35. The molecule has 0 saturated carbocycles. The Hall–Kier alpha value is -4.78. The summed E-state index contributed by atoms with van der Waals surface area (Å²) in [5.74, 6) is -2.51. The fraction of sp³-hybridized carbons (Fsp3) is 0. The molecule has 0 spiro atoms. The van der Waals surface area contributed by atoms with Crippen LogP contribution < -0.4 is 11.5 Å². The lowest BCUT2D eigenvalue weighted by Crippen LogP contribution is -2.24. The number of fused-ring (bicyclic) bond motifs is 2. The number of carbonyl (C=O) groups is 2. The summed E-state index contributed by atoms with van der Waals surface area (Å²) in [7, 11) is 0. The Morgan fingerprint density at radius 3 is 1.91 bits per heavy atom. The molecule has 0 saturated heterocycles. The lowest BCUT2D eigenvalue weighted by Gasteiger charge is -2.23. The van der Waals surface area contributed by atoms with E-state index in [4.69, 9.17) is 11.5 Å². The van der Waals surface area contributed by atoms with Crippen LogP contribution in [0.4, 0.5) is 11.4 Å². The van der Waals surface area contributed by atoms with Crippen LogP contribution in [0.3, 0.4) is 0 Å². The van der Waals surface area contributed by atoms with Crippen LogP contribution >= 0.6 is 0 Å². The van der Waals surface area contributed by atoms with Gasteiger partial charge < -0.3 is 26.8 Å². The van der Waals surface area contributed by atoms with Crippen LogP contribution in [-0.4, -0.2) is 26.9 Å². The van der Waals surface area contributed by atoms with Crippen molar-refractivity contribution in [3.8, 4) is 39.5 Å². The molecule has 0 aromatic heterocycles.